The molecular formula is C14H22FN. The normalized spacial score (nSPS) is 15.8. The van der Waals surface area contributed by atoms with Gasteiger partial charge in [-0.1, -0.05) is 19.9 Å². The molecule has 2 heteroatoms. The lowest BCUT2D eigenvalue weighted by Gasteiger charge is -2.14. The van der Waals surface area contributed by atoms with Crippen LogP contribution in [0.15, 0.2) is 18.2 Å². The van der Waals surface area contributed by atoms with Gasteiger partial charge in [-0.2, -0.15) is 0 Å². The molecule has 0 saturated carbocycles. The maximum Gasteiger partial charge on any atom is 0.123 e. The van der Waals surface area contributed by atoms with Crippen LogP contribution in [0.2, 0.25) is 0 Å². The van der Waals surface area contributed by atoms with E-state index in [4.69, 9.17) is 0 Å². The second-order valence-corrected chi connectivity index (χ2v) is 4.12. The summed E-state index contributed by atoms with van der Waals surface area (Å²) in [6.07, 6.45) is 2.57. The lowest BCUT2D eigenvalue weighted by molar-refractivity contribution is 0.331. The van der Waals surface area contributed by atoms with Crippen molar-refractivity contribution in [1.29, 1.82) is 0 Å². The zero-order chi connectivity index (χ0) is 12.0. The van der Waals surface area contributed by atoms with E-state index in [1.807, 2.05) is 20.8 Å². The van der Waals surface area contributed by atoms with Crippen molar-refractivity contribution < 1.29 is 4.39 Å². The molecule has 0 radical (unpaired) electrons. The molecule has 0 bridgehead atoms. The van der Waals surface area contributed by atoms with Gasteiger partial charge in [-0.3, -0.25) is 4.90 Å². The summed E-state index contributed by atoms with van der Waals surface area (Å²) in [4.78, 5) is 2.38. The molecule has 1 saturated heterocycles. The average Bonchev–Trinajstić information content (AvgIpc) is 2.72. The molecule has 0 atom stereocenters. The number of halogens is 1. The van der Waals surface area contributed by atoms with Crippen molar-refractivity contribution in [3.63, 3.8) is 0 Å². The van der Waals surface area contributed by atoms with Gasteiger partial charge in [0.1, 0.15) is 5.82 Å². The van der Waals surface area contributed by atoms with Crippen molar-refractivity contribution in [3.8, 4) is 0 Å². The molecule has 1 aliphatic rings. The summed E-state index contributed by atoms with van der Waals surface area (Å²) in [5.74, 6) is -0.112. The van der Waals surface area contributed by atoms with Crippen molar-refractivity contribution in [2.24, 2.45) is 0 Å². The molecule has 1 heterocycles. The molecule has 1 aromatic rings. The minimum absolute atomic E-state index is 0.112. The quantitative estimate of drug-likeness (QED) is 0.738. The predicted octanol–water partition coefficient (Wildman–Crippen LogP) is 3.76. The largest absolute Gasteiger partial charge is 0.299 e. The topological polar surface area (TPSA) is 3.24 Å². The number of hydrogen-bond acceptors (Lipinski definition) is 1. The highest BCUT2D eigenvalue weighted by Crippen LogP contribution is 2.14. The fourth-order valence-electron chi connectivity index (χ4n) is 2.10. The Morgan fingerprint density at radius 3 is 2.31 bits per heavy atom. The van der Waals surface area contributed by atoms with E-state index in [1.54, 1.807) is 12.1 Å². The number of nitrogens with zero attached hydrogens (tertiary/aromatic N) is 1. The lowest BCUT2D eigenvalue weighted by atomic mass is 10.1. The third kappa shape index (κ3) is 3.93. The van der Waals surface area contributed by atoms with Crippen LogP contribution in [-0.2, 0) is 6.54 Å². The number of rotatable bonds is 2. The van der Waals surface area contributed by atoms with Crippen molar-refractivity contribution in [1.82, 2.24) is 4.90 Å². The molecule has 0 amide bonds. The van der Waals surface area contributed by atoms with Gasteiger partial charge in [0.25, 0.3) is 0 Å². The van der Waals surface area contributed by atoms with Crippen LogP contribution in [-0.4, -0.2) is 18.0 Å². The summed E-state index contributed by atoms with van der Waals surface area (Å²) >= 11 is 0. The van der Waals surface area contributed by atoms with Gasteiger partial charge in [-0.25, -0.2) is 4.39 Å². The van der Waals surface area contributed by atoms with Crippen LogP contribution < -0.4 is 0 Å². The van der Waals surface area contributed by atoms with Gasteiger partial charge in [-0.05, 0) is 56.1 Å². The van der Waals surface area contributed by atoms with Crippen LogP contribution in [0.25, 0.3) is 0 Å². The fraction of sp³-hybridized carbons (Fsp3) is 0.571. The van der Waals surface area contributed by atoms with Gasteiger partial charge in [0, 0.05) is 6.54 Å². The first-order chi connectivity index (χ1) is 7.74. The molecule has 16 heavy (non-hydrogen) atoms. The first-order valence-corrected chi connectivity index (χ1v) is 6.22. The van der Waals surface area contributed by atoms with Gasteiger partial charge >= 0.3 is 0 Å². The summed E-state index contributed by atoms with van der Waals surface area (Å²) in [5.41, 5.74) is 2.11. The lowest BCUT2D eigenvalue weighted by Crippen LogP contribution is -2.18. The molecular weight excluding hydrogens is 201 g/mol. The molecule has 0 N–H and O–H groups in total. The summed E-state index contributed by atoms with van der Waals surface area (Å²) in [6.45, 7) is 9.17. The van der Waals surface area contributed by atoms with Gasteiger partial charge in [0.2, 0.25) is 0 Å². The highest BCUT2D eigenvalue weighted by Gasteiger charge is 2.11. The molecule has 0 aliphatic carbocycles. The van der Waals surface area contributed by atoms with E-state index in [9.17, 15) is 4.39 Å². The Kier molecular flexibility index (Phi) is 5.47. The third-order valence-electron chi connectivity index (χ3n) is 2.71. The van der Waals surface area contributed by atoms with Crippen molar-refractivity contribution in [2.45, 2.75) is 40.2 Å². The monoisotopic (exact) mass is 223 g/mol. The van der Waals surface area contributed by atoms with Gasteiger partial charge < -0.3 is 0 Å². The van der Waals surface area contributed by atoms with E-state index in [0.717, 1.165) is 30.8 Å². The molecule has 0 spiro atoms. The Hall–Kier alpha value is -0.890. The van der Waals surface area contributed by atoms with Crippen LogP contribution in [0.4, 0.5) is 4.39 Å². The van der Waals surface area contributed by atoms with E-state index in [0.29, 0.717) is 0 Å². The zero-order valence-corrected chi connectivity index (χ0v) is 10.6. The summed E-state index contributed by atoms with van der Waals surface area (Å²) in [6, 6.07) is 5.29. The Bertz CT molecular complexity index is 296. The Morgan fingerprint density at radius 2 is 1.75 bits per heavy atom. The van der Waals surface area contributed by atoms with Crippen molar-refractivity contribution in [2.75, 3.05) is 13.1 Å². The summed E-state index contributed by atoms with van der Waals surface area (Å²) in [7, 11) is 0. The van der Waals surface area contributed by atoms with Crippen LogP contribution in [0.5, 0.6) is 0 Å². The van der Waals surface area contributed by atoms with E-state index < -0.39 is 0 Å². The maximum absolute atomic E-state index is 13.1. The molecule has 1 aromatic carbocycles. The second kappa shape index (κ2) is 6.64. The van der Waals surface area contributed by atoms with Crippen LogP contribution in [0.3, 0.4) is 0 Å². The van der Waals surface area contributed by atoms with Crippen molar-refractivity contribution in [3.05, 3.63) is 35.1 Å². The maximum atomic E-state index is 13.1. The number of likely N-dealkylation sites (tertiary alicyclic amines) is 1. The molecule has 2 rings (SSSR count). The van der Waals surface area contributed by atoms with Gasteiger partial charge in [-0.15, -0.1) is 0 Å². The second-order valence-electron chi connectivity index (χ2n) is 4.12. The van der Waals surface area contributed by atoms with E-state index in [1.165, 1.54) is 12.8 Å². The van der Waals surface area contributed by atoms with E-state index in [2.05, 4.69) is 11.0 Å². The minimum atomic E-state index is -0.112. The highest BCUT2D eigenvalue weighted by atomic mass is 19.1. The average molecular weight is 223 g/mol. The summed E-state index contributed by atoms with van der Waals surface area (Å²) in [5, 5.41) is 0. The molecule has 1 aliphatic heterocycles. The van der Waals surface area contributed by atoms with Crippen LogP contribution in [0.1, 0.15) is 37.8 Å². The Morgan fingerprint density at radius 1 is 1.12 bits per heavy atom. The predicted molar refractivity (Wildman–Crippen MR) is 67.0 cm³/mol. The fourth-order valence-corrected chi connectivity index (χ4v) is 2.10. The zero-order valence-electron chi connectivity index (χ0n) is 10.6. The first-order valence-electron chi connectivity index (χ1n) is 6.22. The summed E-state index contributed by atoms with van der Waals surface area (Å²) < 4.78 is 13.1. The molecule has 90 valence electrons. The number of hydrogen-bond donors (Lipinski definition) is 0. The van der Waals surface area contributed by atoms with Crippen LogP contribution in [0, 0.1) is 12.7 Å². The molecule has 0 aromatic heterocycles. The van der Waals surface area contributed by atoms with E-state index in [-0.39, 0.29) is 5.82 Å². The minimum Gasteiger partial charge on any atom is -0.299 e. The first kappa shape index (κ1) is 13.2. The number of benzene rings is 1. The van der Waals surface area contributed by atoms with Gasteiger partial charge in [0.15, 0.2) is 0 Å². The molecule has 1 fully saturated rings. The standard InChI is InChI=1S/C12H16FN.C2H6/c1-10-6-11(8-12(13)7-10)9-14-4-2-3-5-14;1-2/h6-8H,2-5,9H2,1H3;1-2H3. The molecule has 1 nitrogen and oxygen atoms in total. The molecule has 0 unspecified atom stereocenters. The highest BCUT2D eigenvalue weighted by molar-refractivity contribution is 5.23. The SMILES string of the molecule is CC.Cc1cc(F)cc(CN2CCCC2)c1. The Balaban J connectivity index is 0.000000606. The van der Waals surface area contributed by atoms with E-state index >= 15 is 0 Å². The van der Waals surface area contributed by atoms with Crippen molar-refractivity contribution >= 4 is 0 Å². The smallest absolute Gasteiger partial charge is 0.123 e. The van der Waals surface area contributed by atoms with Crippen LogP contribution >= 0.6 is 0 Å². The van der Waals surface area contributed by atoms with Gasteiger partial charge in [0.05, 0.1) is 0 Å². The Labute approximate surface area is 98.3 Å². The number of aryl methyl sites for hydroxylation is 1. The third-order valence-corrected chi connectivity index (χ3v) is 2.71.